The smallest absolute Gasteiger partial charge is 0.379 e. The molecule has 0 aliphatic heterocycles. The van der Waals surface area contributed by atoms with Crippen LogP contribution in [0.15, 0.2) is 41.3 Å². The van der Waals surface area contributed by atoms with Gasteiger partial charge in [0.25, 0.3) is 11.2 Å². The number of anilines is 2. The third kappa shape index (κ3) is 4.82. The molecule has 1 heterocycles. The number of carbonyl (C=O) groups excluding carboxylic acids is 1. The molecule has 0 saturated heterocycles. The van der Waals surface area contributed by atoms with Gasteiger partial charge in [0, 0.05) is 25.2 Å². The van der Waals surface area contributed by atoms with Crippen LogP contribution in [0, 0.1) is 10.1 Å². The number of nitro benzene ring substituents is 1. The van der Waals surface area contributed by atoms with E-state index in [0.717, 1.165) is 0 Å². The second-order valence-electron chi connectivity index (χ2n) is 5.13. The number of nitrogens with zero attached hydrogens (tertiary/aromatic N) is 1. The molecule has 1 aromatic heterocycles. The van der Waals surface area contributed by atoms with E-state index >= 15 is 0 Å². The van der Waals surface area contributed by atoms with E-state index in [1.165, 1.54) is 18.2 Å². The lowest BCUT2D eigenvalue weighted by atomic mass is 10.2. The van der Waals surface area contributed by atoms with Gasteiger partial charge in [0.05, 0.1) is 10.5 Å². The summed E-state index contributed by atoms with van der Waals surface area (Å²) in [7, 11) is 0. The van der Waals surface area contributed by atoms with Gasteiger partial charge in [-0.25, -0.2) is 0 Å². The minimum absolute atomic E-state index is 0.0203. The van der Waals surface area contributed by atoms with Crippen molar-refractivity contribution in [1.29, 1.82) is 0 Å². The lowest BCUT2D eigenvalue weighted by Gasteiger charge is -2.10. The molecule has 0 saturated carbocycles. The maximum absolute atomic E-state index is 12.6. The average molecular weight is 370 g/mol. The number of nitrogens with one attached hydrogen (secondary N) is 3. The van der Waals surface area contributed by atoms with Crippen LogP contribution in [0.2, 0.25) is 0 Å². The predicted octanol–water partition coefficient (Wildman–Crippen LogP) is 2.74. The van der Waals surface area contributed by atoms with Crippen molar-refractivity contribution in [1.82, 2.24) is 4.98 Å². The Bertz CT molecular complexity index is 880. The molecule has 3 N–H and O–H groups in total. The number of hydrogen-bond acceptors (Lipinski definition) is 5. The maximum Gasteiger partial charge on any atom is 0.417 e. The quantitative estimate of drug-likeness (QED) is 0.534. The Morgan fingerprint density at radius 3 is 2.58 bits per heavy atom. The van der Waals surface area contributed by atoms with E-state index in [9.17, 15) is 32.9 Å². The number of carbonyl (C=O) groups is 1. The van der Waals surface area contributed by atoms with Crippen molar-refractivity contribution >= 4 is 23.0 Å². The number of aromatic nitrogens is 1. The van der Waals surface area contributed by atoms with Crippen LogP contribution in [0.3, 0.4) is 0 Å². The zero-order valence-corrected chi connectivity index (χ0v) is 13.1. The number of halogens is 3. The third-order valence-corrected chi connectivity index (χ3v) is 3.27. The number of aromatic amines is 1. The minimum atomic E-state index is -4.67. The zero-order valence-electron chi connectivity index (χ0n) is 13.1. The van der Waals surface area contributed by atoms with Gasteiger partial charge in [0.2, 0.25) is 5.91 Å². The number of alkyl halides is 3. The number of H-pyrrole nitrogens is 1. The number of para-hydroxylation sites is 2. The third-order valence-electron chi connectivity index (χ3n) is 3.27. The largest absolute Gasteiger partial charge is 0.417 e. The molecule has 0 bridgehead atoms. The summed E-state index contributed by atoms with van der Waals surface area (Å²) in [4.78, 5) is 35.5. The number of hydrogen-bond donors (Lipinski definition) is 3. The standard InChI is InChI=1S/C15H13F3N4O4/c16-15(17,18)9-7-11(14(24)20-8-9)21-13(23)5-6-19-10-3-1-2-4-12(10)22(25)26/h1-4,7-8,19H,5-6H2,(H,20,24)(H,21,23). The van der Waals surface area contributed by atoms with Gasteiger partial charge < -0.3 is 15.6 Å². The molecule has 0 spiro atoms. The topological polar surface area (TPSA) is 117 Å². The molecule has 0 unspecified atom stereocenters. The van der Waals surface area contributed by atoms with E-state index in [1.807, 2.05) is 4.98 Å². The summed E-state index contributed by atoms with van der Waals surface area (Å²) in [6.45, 7) is -0.0203. The van der Waals surface area contributed by atoms with Crippen molar-refractivity contribution in [2.24, 2.45) is 0 Å². The summed E-state index contributed by atoms with van der Waals surface area (Å²) < 4.78 is 37.9. The van der Waals surface area contributed by atoms with Crippen molar-refractivity contribution in [3.63, 3.8) is 0 Å². The highest BCUT2D eigenvalue weighted by Crippen LogP contribution is 2.29. The van der Waals surface area contributed by atoms with E-state index in [-0.39, 0.29) is 24.3 Å². The van der Waals surface area contributed by atoms with Crippen molar-refractivity contribution in [2.45, 2.75) is 12.6 Å². The van der Waals surface area contributed by atoms with E-state index in [0.29, 0.717) is 12.3 Å². The van der Waals surface area contributed by atoms with Crippen LogP contribution >= 0.6 is 0 Å². The molecule has 0 atom stereocenters. The summed E-state index contributed by atoms with van der Waals surface area (Å²) in [6.07, 6.45) is -4.38. The molecule has 0 aliphatic rings. The van der Waals surface area contributed by atoms with Crippen LogP contribution in [-0.4, -0.2) is 22.4 Å². The maximum atomic E-state index is 12.6. The Hall–Kier alpha value is -3.37. The first-order chi connectivity index (χ1) is 12.2. The molecule has 0 fully saturated rings. The first kappa shape index (κ1) is 19.0. The minimum Gasteiger partial charge on any atom is -0.379 e. The van der Waals surface area contributed by atoms with Gasteiger partial charge in [-0.05, 0) is 12.1 Å². The second kappa shape index (κ2) is 7.68. The van der Waals surface area contributed by atoms with Gasteiger partial charge in [0.15, 0.2) is 0 Å². The second-order valence-corrected chi connectivity index (χ2v) is 5.13. The molecule has 8 nitrogen and oxygen atoms in total. The van der Waals surface area contributed by atoms with E-state index < -0.39 is 33.8 Å². The van der Waals surface area contributed by atoms with Crippen molar-refractivity contribution in [2.75, 3.05) is 17.2 Å². The number of pyridine rings is 1. The Morgan fingerprint density at radius 1 is 1.23 bits per heavy atom. The number of benzene rings is 1. The lowest BCUT2D eigenvalue weighted by molar-refractivity contribution is -0.384. The van der Waals surface area contributed by atoms with Crippen LogP contribution in [0.1, 0.15) is 12.0 Å². The van der Waals surface area contributed by atoms with Crippen LogP contribution in [0.25, 0.3) is 0 Å². The van der Waals surface area contributed by atoms with E-state index in [4.69, 9.17) is 0 Å². The van der Waals surface area contributed by atoms with Crippen LogP contribution < -0.4 is 16.2 Å². The Kier molecular flexibility index (Phi) is 5.60. The summed E-state index contributed by atoms with van der Waals surface area (Å²) >= 11 is 0. The molecule has 26 heavy (non-hydrogen) atoms. The van der Waals surface area contributed by atoms with Gasteiger partial charge in [-0.3, -0.25) is 19.7 Å². The molecule has 138 valence electrons. The molecule has 2 aromatic rings. The molecular weight excluding hydrogens is 357 g/mol. The predicted molar refractivity (Wildman–Crippen MR) is 86.9 cm³/mol. The number of rotatable bonds is 6. The highest BCUT2D eigenvalue weighted by molar-refractivity contribution is 5.90. The zero-order chi connectivity index (χ0) is 19.3. The first-order valence-electron chi connectivity index (χ1n) is 7.25. The summed E-state index contributed by atoms with van der Waals surface area (Å²) in [5, 5.41) is 15.6. The molecule has 1 amide bonds. The molecule has 0 radical (unpaired) electrons. The molecule has 2 rings (SSSR count). The summed E-state index contributed by atoms with van der Waals surface area (Å²) in [6, 6.07) is 6.32. The van der Waals surface area contributed by atoms with Crippen molar-refractivity contribution in [3.05, 3.63) is 62.6 Å². The summed E-state index contributed by atoms with van der Waals surface area (Å²) in [5.74, 6) is -0.721. The average Bonchev–Trinajstić information content (AvgIpc) is 2.56. The van der Waals surface area contributed by atoms with Gasteiger partial charge in [-0.15, -0.1) is 0 Å². The number of amides is 1. The summed E-state index contributed by atoms with van der Waals surface area (Å²) in [5.41, 5.74) is -2.50. The molecule has 11 heteroatoms. The Balaban J connectivity index is 1.98. The lowest BCUT2D eigenvalue weighted by Crippen LogP contribution is -2.23. The van der Waals surface area contributed by atoms with Gasteiger partial charge in [-0.2, -0.15) is 13.2 Å². The van der Waals surface area contributed by atoms with Crippen molar-refractivity contribution < 1.29 is 22.9 Å². The highest BCUT2D eigenvalue weighted by Gasteiger charge is 2.31. The van der Waals surface area contributed by atoms with Gasteiger partial charge >= 0.3 is 6.18 Å². The van der Waals surface area contributed by atoms with Gasteiger partial charge in [0.1, 0.15) is 11.4 Å². The number of nitro groups is 1. The van der Waals surface area contributed by atoms with Crippen LogP contribution in [0.5, 0.6) is 0 Å². The monoisotopic (exact) mass is 370 g/mol. The Morgan fingerprint density at radius 2 is 1.92 bits per heavy atom. The van der Waals surface area contributed by atoms with E-state index in [2.05, 4.69) is 10.6 Å². The molecule has 0 aliphatic carbocycles. The fourth-order valence-corrected chi connectivity index (χ4v) is 2.05. The van der Waals surface area contributed by atoms with Crippen LogP contribution in [-0.2, 0) is 11.0 Å². The fraction of sp³-hybridized carbons (Fsp3) is 0.200. The van der Waals surface area contributed by atoms with E-state index in [1.54, 1.807) is 6.07 Å². The van der Waals surface area contributed by atoms with Gasteiger partial charge in [-0.1, -0.05) is 12.1 Å². The fourth-order valence-electron chi connectivity index (χ4n) is 2.05. The molecular formula is C15H13F3N4O4. The van der Waals surface area contributed by atoms with Crippen LogP contribution in [0.4, 0.5) is 30.2 Å². The molecule has 1 aromatic carbocycles. The SMILES string of the molecule is O=C(CCNc1ccccc1[N+](=O)[O-])Nc1cc(C(F)(F)F)c[nH]c1=O. The van der Waals surface area contributed by atoms with Crippen molar-refractivity contribution in [3.8, 4) is 0 Å². The highest BCUT2D eigenvalue weighted by atomic mass is 19.4. The first-order valence-corrected chi connectivity index (χ1v) is 7.25. The Labute approximate surface area is 144 Å². The normalized spacial score (nSPS) is 11.0.